The van der Waals surface area contributed by atoms with Crippen molar-refractivity contribution in [3.8, 4) is 5.82 Å². The Labute approximate surface area is 141 Å². The first-order valence-corrected chi connectivity index (χ1v) is 9.32. The van der Waals surface area contributed by atoms with Crippen LogP contribution < -0.4 is 10.0 Å². The van der Waals surface area contributed by atoms with Crippen molar-refractivity contribution >= 4 is 16.0 Å². The lowest BCUT2D eigenvalue weighted by Crippen LogP contribution is -2.40. The molecule has 0 amide bonds. The topological polar surface area (TPSA) is 105 Å². The Bertz CT molecular complexity index is 784. The van der Waals surface area contributed by atoms with Gasteiger partial charge in [0.25, 0.3) is 10.2 Å². The van der Waals surface area contributed by atoms with Gasteiger partial charge in [-0.25, -0.2) is 19.4 Å². The van der Waals surface area contributed by atoms with Crippen molar-refractivity contribution in [1.29, 1.82) is 0 Å². The van der Waals surface area contributed by atoms with E-state index in [1.165, 1.54) is 10.6 Å². The molecule has 24 heavy (non-hydrogen) atoms. The van der Waals surface area contributed by atoms with Gasteiger partial charge >= 0.3 is 0 Å². The molecule has 3 rings (SSSR count). The highest BCUT2D eigenvalue weighted by molar-refractivity contribution is 7.87. The molecule has 1 aliphatic heterocycles. The summed E-state index contributed by atoms with van der Waals surface area (Å²) in [5.74, 6) is 1.27. The van der Waals surface area contributed by atoms with Crippen molar-refractivity contribution in [1.82, 2.24) is 28.8 Å². The van der Waals surface area contributed by atoms with Gasteiger partial charge in [-0.15, -0.1) is 0 Å². The molecule has 0 atom stereocenters. The third-order valence-corrected chi connectivity index (χ3v) is 5.34. The number of aryl methyl sites for hydroxylation is 1. The molecule has 0 aliphatic carbocycles. The van der Waals surface area contributed by atoms with E-state index in [4.69, 9.17) is 0 Å². The molecule has 0 saturated carbocycles. The Morgan fingerprint density at radius 1 is 1.21 bits per heavy atom. The summed E-state index contributed by atoms with van der Waals surface area (Å²) in [6.45, 7) is 3.83. The lowest BCUT2D eigenvalue weighted by Gasteiger charge is -2.16. The predicted molar refractivity (Wildman–Crippen MR) is 90.1 cm³/mol. The van der Waals surface area contributed by atoms with Crippen LogP contribution >= 0.6 is 0 Å². The molecule has 1 saturated heterocycles. The molecular weight excluding hydrogens is 330 g/mol. The van der Waals surface area contributed by atoms with E-state index in [2.05, 4.69) is 25.1 Å². The highest BCUT2D eigenvalue weighted by Gasteiger charge is 2.24. The van der Waals surface area contributed by atoms with Gasteiger partial charge in [-0.05, 0) is 25.8 Å². The van der Waals surface area contributed by atoms with E-state index in [0.717, 1.165) is 18.5 Å². The number of hydrogen-bond donors (Lipinski definition) is 2. The molecule has 3 heterocycles. The van der Waals surface area contributed by atoms with Crippen LogP contribution in [0.2, 0.25) is 0 Å². The molecule has 0 unspecified atom stereocenters. The molecular formula is C14H21N7O2S. The normalized spacial score (nSPS) is 15.7. The Hall–Kier alpha value is -2.04. The van der Waals surface area contributed by atoms with Gasteiger partial charge in [0, 0.05) is 38.4 Å². The molecule has 0 spiro atoms. The monoisotopic (exact) mass is 351 g/mol. The van der Waals surface area contributed by atoms with Gasteiger partial charge in [0.15, 0.2) is 5.82 Å². The van der Waals surface area contributed by atoms with Crippen molar-refractivity contribution in [2.24, 2.45) is 0 Å². The number of hydrogen-bond acceptors (Lipinski definition) is 6. The van der Waals surface area contributed by atoms with Crippen molar-refractivity contribution in [3.05, 3.63) is 30.4 Å². The van der Waals surface area contributed by atoms with E-state index in [0.29, 0.717) is 37.8 Å². The van der Waals surface area contributed by atoms with Gasteiger partial charge in [0.1, 0.15) is 12.1 Å². The van der Waals surface area contributed by atoms with E-state index >= 15 is 0 Å². The van der Waals surface area contributed by atoms with Crippen molar-refractivity contribution in [3.63, 3.8) is 0 Å². The number of nitrogens with zero attached hydrogens (tertiary/aromatic N) is 5. The van der Waals surface area contributed by atoms with Crippen molar-refractivity contribution < 1.29 is 8.42 Å². The van der Waals surface area contributed by atoms with E-state index in [1.807, 2.05) is 19.2 Å². The average molecular weight is 351 g/mol. The summed E-state index contributed by atoms with van der Waals surface area (Å²) in [4.78, 5) is 8.31. The van der Waals surface area contributed by atoms with E-state index < -0.39 is 10.2 Å². The molecule has 10 heteroatoms. The van der Waals surface area contributed by atoms with Crippen LogP contribution in [0.15, 0.2) is 24.7 Å². The smallest absolute Gasteiger partial charge is 0.279 e. The predicted octanol–water partition coefficient (Wildman–Crippen LogP) is 0.313. The molecule has 0 aromatic carbocycles. The summed E-state index contributed by atoms with van der Waals surface area (Å²) >= 11 is 0. The minimum atomic E-state index is -3.37. The van der Waals surface area contributed by atoms with Gasteiger partial charge in [0.05, 0.1) is 5.69 Å². The van der Waals surface area contributed by atoms with Crippen molar-refractivity contribution in [2.45, 2.75) is 19.8 Å². The second kappa shape index (κ2) is 7.24. The molecule has 1 fully saturated rings. The first-order valence-electron chi connectivity index (χ1n) is 7.88. The van der Waals surface area contributed by atoms with Gasteiger partial charge in [-0.1, -0.05) is 0 Å². The van der Waals surface area contributed by atoms with Crippen molar-refractivity contribution in [2.75, 3.05) is 31.5 Å². The summed E-state index contributed by atoms with van der Waals surface area (Å²) in [6.07, 6.45) is 5.13. The largest absolute Gasteiger partial charge is 0.369 e. The second-order valence-corrected chi connectivity index (χ2v) is 7.35. The first kappa shape index (κ1) is 16.8. The summed E-state index contributed by atoms with van der Waals surface area (Å²) < 4.78 is 29.8. The minimum Gasteiger partial charge on any atom is -0.369 e. The van der Waals surface area contributed by atoms with Crippen LogP contribution in [0, 0.1) is 6.92 Å². The quantitative estimate of drug-likeness (QED) is 0.696. The molecule has 0 bridgehead atoms. The zero-order chi connectivity index (χ0) is 17.0. The Morgan fingerprint density at radius 3 is 2.71 bits per heavy atom. The molecule has 130 valence electrons. The maximum Gasteiger partial charge on any atom is 0.279 e. The Balaban J connectivity index is 1.52. The zero-order valence-electron chi connectivity index (χ0n) is 13.5. The maximum atomic E-state index is 12.0. The van der Waals surface area contributed by atoms with E-state index in [-0.39, 0.29) is 0 Å². The molecule has 0 radical (unpaired) electrons. The van der Waals surface area contributed by atoms with E-state index in [1.54, 1.807) is 10.7 Å². The molecule has 1 aliphatic rings. The Morgan fingerprint density at radius 2 is 2.00 bits per heavy atom. The van der Waals surface area contributed by atoms with Crippen LogP contribution in [0.5, 0.6) is 0 Å². The minimum absolute atomic E-state index is 0.291. The van der Waals surface area contributed by atoms with Gasteiger partial charge < -0.3 is 5.32 Å². The third kappa shape index (κ3) is 4.08. The highest BCUT2D eigenvalue weighted by atomic mass is 32.2. The fraction of sp³-hybridized carbons (Fsp3) is 0.500. The van der Waals surface area contributed by atoms with Gasteiger partial charge in [-0.3, -0.25) is 0 Å². The number of rotatable bonds is 7. The van der Waals surface area contributed by atoms with Crippen LogP contribution in [-0.4, -0.2) is 58.7 Å². The van der Waals surface area contributed by atoms with E-state index in [9.17, 15) is 8.42 Å². The van der Waals surface area contributed by atoms with Crippen LogP contribution in [0.4, 0.5) is 5.82 Å². The average Bonchev–Trinajstić information content (AvgIpc) is 3.24. The van der Waals surface area contributed by atoms with Crippen LogP contribution in [0.1, 0.15) is 18.5 Å². The number of aromatic nitrogens is 4. The SMILES string of the molecule is Cc1ccn(-c2cc(NCCNS(=O)(=O)N3CCCC3)ncn2)n1. The number of nitrogens with one attached hydrogen (secondary N) is 2. The highest BCUT2D eigenvalue weighted by Crippen LogP contribution is 2.11. The fourth-order valence-corrected chi connectivity index (χ4v) is 3.78. The summed E-state index contributed by atoms with van der Waals surface area (Å²) in [6, 6.07) is 3.66. The lowest BCUT2D eigenvalue weighted by atomic mass is 10.4. The van der Waals surface area contributed by atoms with Crippen LogP contribution in [-0.2, 0) is 10.2 Å². The lowest BCUT2D eigenvalue weighted by molar-refractivity contribution is 0.466. The van der Waals surface area contributed by atoms with Gasteiger partial charge in [0.2, 0.25) is 0 Å². The van der Waals surface area contributed by atoms with Gasteiger partial charge in [-0.2, -0.15) is 17.8 Å². The standard InChI is InChI=1S/C14H21N7O2S/c1-12-4-9-21(19-12)14-10-13(16-11-17-14)15-5-6-18-24(22,23)20-7-2-3-8-20/h4,9-11,18H,2-3,5-8H2,1H3,(H,15,16,17). The number of anilines is 1. The molecule has 9 nitrogen and oxygen atoms in total. The molecule has 2 aromatic rings. The first-order chi connectivity index (χ1) is 11.5. The summed E-state index contributed by atoms with van der Waals surface area (Å²) in [7, 11) is -3.37. The zero-order valence-corrected chi connectivity index (χ0v) is 14.3. The Kier molecular flexibility index (Phi) is 5.07. The molecule has 2 aromatic heterocycles. The molecule has 2 N–H and O–H groups in total. The maximum absolute atomic E-state index is 12.0. The third-order valence-electron chi connectivity index (χ3n) is 3.73. The summed E-state index contributed by atoms with van der Waals surface area (Å²) in [5, 5.41) is 7.38. The van der Waals surface area contributed by atoms with Crippen LogP contribution in [0.3, 0.4) is 0 Å². The summed E-state index contributed by atoms with van der Waals surface area (Å²) in [5.41, 5.74) is 0.902. The van der Waals surface area contributed by atoms with Crippen LogP contribution in [0.25, 0.3) is 5.82 Å². The second-order valence-electron chi connectivity index (χ2n) is 5.60. The fourth-order valence-electron chi connectivity index (χ4n) is 2.50.